The molecule has 10 heavy (non-hydrogen) atoms. The molecule has 0 spiro atoms. The zero-order valence-corrected chi connectivity index (χ0v) is 9.09. The fourth-order valence-corrected chi connectivity index (χ4v) is 2.88. The third-order valence-corrected chi connectivity index (χ3v) is 2.68. The first kappa shape index (κ1) is 10.5. The van der Waals surface area contributed by atoms with Gasteiger partial charge in [0, 0.05) is 0 Å². The quantitative estimate of drug-likeness (QED) is 0.536. The molecule has 0 fully saturated rings. The lowest BCUT2D eigenvalue weighted by Crippen LogP contribution is -2.24. The van der Waals surface area contributed by atoms with Gasteiger partial charge in [0.15, 0.2) is 0 Å². The van der Waals surface area contributed by atoms with Gasteiger partial charge in [-0.15, -0.1) is 5.28 Å². The van der Waals surface area contributed by atoms with Gasteiger partial charge in [-0.2, -0.15) is 0 Å². The first-order valence-corrected chi connectivity index (χ1v) is 4.91. The molecule has 0 amide bonds. The van der Waals surface area contributed by atoms with Gasteiger partial charge in [0.25, 0.3) is 0 Å². The molecular weight excluding hydrogens is 135 g/mol. The highest BCUT2D eigenvalue weighted by atomic mass is 27.0. The predicted molar refractivity (Wildman–Crippen MR) is 48.3 cm³/mol. The summed E-state index contributed by atoms with van der Waals surface area (Å²) in [4.78, 5) is 0. The Hall–Kier alpha value is 0.532. The Morgan fingerprint density at radius 3 is 1.60 bits per heavy atom. The van der Waals surface area contributed by atoms with Gasteiger partial charge in [0.1, 0.15) is 16.3 Å². The summed E-state index contributed by atoms with van der Waals surface area (Å²) in [7, 11) is 0. The molecule has 0 aliphatic carbocycles. The van der Waals surface area contributed by atoms with Gasteiger partial charge >= 0.3 is 0 Å². The number of hydrogen-bond acceptors (Lipinski definition) is 0. The van der Waals surface area contributed by atoms with Crippen molar-refractivity contribution < 1.29 is 0 Å². The van der Waals surface area contributed by atoms with E-state index in [-0.39, 0.29) is 0 Å². The van der Waals surface area contributed by atoms with Crippen LogP contribution in [0.3, 0.4) is 0 Å². The van der Waals surface area contributed by atoms with Crippen molar-refractivity contribution >= 4 is 16.3 Å². The van der Waals surface area contributed by atoms with Crippen LogP contribution in [0.25, 0.3) is 0 Å². The highest BCUT2D eigenvalue weighted by Gasteiger charge is 2.24. The van der Waals surface area contributed by atoms with Gasteiger partial charge < -0.3 is 0 Å². The molecule has 0 saturated carbocycles. The molecule has 1 atom stereocenters. The second-order valence-corrected chi connectivity index (χ2v) is 4.92. The molecular formula is C9H19Al. The minimum Gasteiger partial charge on any atom is -0.114 e. The van der Waals surface area contributed by atoms with E-state index in [0.717, 1.165) is 11.8 Å². The maximum atomic E-state index is 2.85. The molecule has 0 saturated heterocycles. The molecule has 0 aliphatic rings. The van der Waals surface area contributed by atoms with Crippen LogP contribution >= 0.6 is 0 Å². The van der Waals surface area contributed by atoms with Crippen LogP contribution in [-0.4, -0.2) is 16.3 Å². The Balaban J connectivity index is 4.07. The molecule has 0 bridgehead atoms. The van der Waals surface area contributed by atoms with Crippen LogP contribution in [-0.2, 0) is 0 Å². The van der Waals surface area contributed by atoms with E-state index in [0.29, 0.717) is 5.41 Å². The summed E-state index contributed by atoms with van der Waals surface area (Å²) in [6.07, 6.45) is 0. The fourth-order valence-electron chi connectivity index (χ4n) is 1.63. The van der Waals surface area contributed by atoms with E-state index in [9.17, 15) is 0 Å². The Bertz CT molecular complexity index is 89.4. The molecule has 1 heteroatoms. The third-order valence-electron chi connectivity index (χ3n) is 2.17. The summed E-state index contributed by atoms with van der Waals surface area (Å²) in [5.74, 6) is 1.63. The standard InChI is InChI=1S/C9H19.Al/c1-7(2)8(3)9(4,5)6;/h7-8H,3H2,1-2,4-6H3;/t8-;/m0./s1. The van der Waals surface area contributed by atoms with E-state index in [4.69, 9.17) is 0 Å². The molecule has 58 valence electrons. The van der Waals surface area contributed by atoms with Crippen LogP contribution in [0, 0.1) is 17.3 Å². The molecule has 2 radical (unpaired) electrons. The zero-order valence-electron chi connectivity index (χ0n) is 7.94. The van der Waals surface area contributed by atoms with Crippen molar-refractivity contribution in [3.8, 4) is 0 Å². The second kappa shape index (κ2) is 3.79. The highest BCUT2D eigenvalue weighted by Crippen LogP contribution is 2.33. The molecule has 0 heterocycles. The van der Waals surface area contributed by atoms with Gasteiger partial charge in [0.2, 0.25) is 0 Å². The molecule has 0 N–H and O–H groups in total. The van der Waals surface area contributed by atoms with Crippen LogP contribution in [0.5, 0.6) is 0 Å². The molecule has 0 aromatic rings. The molecule has 0 unspecified atom stereocenters. The Kier molecular flexibility index (Phi) is 3.99. The minimum atomic E-state index is 0.468. The van der Waals surface area contributed by atoms with Crippen molar-refractivity contribution in [1.82, 2.24) is 0 Å². The molecule has 0 aromatic carbocycles. The Morgan fingerprint density at radius 1 is 1.20 bits per heavy atom. The Labute approximate surface area is 73.8 Å². The summed E-state index contributed by atoms with van der Waals surface area (Å²) in [5.41, 5.74) is 0.468. The Morgan fingerprint density at radius 2 is 1.60 bits per heavy atom. The smallest absolute Gasteiger partial charge is 0.114 e. The van der Waals surface area contributed by atoms with Crippen molar-refractivity contribution in [1.29, 1.82) is 0 Å². The lowest BCUT2D eigenvalue weighted by molar-refractivity contribution is 0.200. The van der Waals surface area contributed by atoms with Gasteiger partial charge in [-0.05, 0) is 17.3 Å². The summed E-state index contributed by atoms with van der Waals surface area (Å²) >= 11 is 2.85. The van der Waals surface area contributed by atoms with Crippen LogP contribution in [0.2, 0.25) is 5.28 Å². The summed E-state index contributed by atoms with van der Waals surface area (Å²) < 4.78 is 0. The predicted octanol–water partition coefficient (Wildman–Crippen LogP) is 2.89. The largest absolute Gasteiger partial charge is 0.118 e. The maximum absolute atomic E-state index is 2.85. The first-order valence-electron chi connectivity index (χ1n) is 4.09. The van der Waals surface area contributed by atoms with Crippen LogP contribution in [0.1, 0.15) is 34.6 Å². The number of hydrogen-bond donors (Lipinski definition) is 0. The molecule has 0 nitrogen and oxygen atoms in total. The molecule has 0 rings (SSSR count). The van der Waals surface area contributed by atoms with Crippen LogP contribution in [0.15, 0.2) is 0 Å². The fraction of sp³-hybridized carbons (Fsp3) is 1.00. The molecule has 0 aliphatic heterocycles. The second-order valence-electron chi connectivity index (χ2n) is 4.45. The summed E-state index contributed by atoms with van der Waals surface area (Å²) in [5, 5.41) is 1.22. The van der Waals surface area contributed by atoms with Gasteiger partial charge in [-0.25, -0.2) is 0 Å². The van der Waals surface area contributed by atoms with E-state index >= 15 is 0 Å². The summed E-state index contributed by atoms with van der Waals surface area (Å²) in [6, 6.07) is 0. The van der Waals surface area contributed by atoms with E-state index in [1.54, 1.807) is 0 Å². The van der Waals surface area contributed by atoms with Crippen molar-refractivity contribution in [3.63, 3.8) is 0 Å². The third kappa shape index (κ3) is 3.08. The van der Waals surface area contributed by atoms with E-state index in [1.807, 2.05) is 0 Å². The average Bonchev–Trinajstić information content (AvgIpc) is 1.60. The maximum Gasteiger partial charge on any atom is 0.118 e. The topological polar surface area (TPSA) is 0 Å². The van der Waals surface area contributed by atoms with Gasteiger partial charge in [-0.3, -0.25) is 0 Å². The zero-order chi connectivity index (χ0) is 8.36. The van der Waals surface area contributed by atoms with Crippen molar-refractivity contribution in [3.05, 3.63) is 0 Å². The number of rotatable bonds is 2. The first-order chi connectivity index (χ1) is 4.39. The van der Waals surface area contributed by atoms with E-state index in [1.165, 1.54) is 5.28 Å². The van der Waals surface area contributed by atoms with E-state index < -0.39 is 0 Å². The SMILES string of the molecule is CC(C)[C@H]([CH2][Al])C(C)(C)C. The van der Waals surface area contributed by atoms with Gasteiger partial charge in [0.05, 0.1) is 0 Å². The van der Waals surface area contributed by atoms with Crippen LogP contribution in [0.4, 0.5) is 0 Å². The van der Waals surface area contributed by atoms with Crippen LogP contribution < -0.4 is 0 Å². The van der Waals surface area contributed by atoms with Crippen molar-refractivity contribution in [2.45, 2.75) is 39.9 Å². The van der Waals surface area contributed by atoms with Gasteiger partial charge in [-0.1, -0.05) is 34.6 Å². The molecule has 0 aromatic heterocycles. The van der Waals surface area contributed by atoms with Crippen molar-refractivity contribution in [2.75, 3.05) is 0 Å². The highest BCUT2D eigenvalue weighted by molar-refractivity contribution is 6.08. The average molecular weight is 154 g/mol. The monoisotopic (exact) mass is 154 g/mol. The normalized spacial score (nSPS) is 15.8. The summed E-state index contributed by atoms with van der Waals surface area (Å²) in [6.45, 7) is 11.6. The van der Waals surface area contributed by atoms with E-state index in [2.05, 4.69) is 50.9 Å². The lowest BCUT2D eigenvalue weighted by atomic mass is 9.75. The van der Waals surface area contributed by atoms with Crippen molar-refractivity contribution in [2.24, 2.45) is 17.3 Å². The lowest BCUT2D eigenvalue weighted by Gasteiger charge is -2.33. The minimum absolute atomic E-state index is 0.468.